The van der Waals surface area contributed by atoms with E-state index in [-0.39, 0.29) is 11.8 Å². The van der Waals surface area contributed by atoms with Gasteiger partial charge in [-0.1, -0.05) is 0 Å². The van der Waals surface area contributed by atoms with Gasteiger partial charge < -0.3 is 10.6 Å². The number of aryl methyl sites for hydroxylation is 1. The molecule has 0 radical (unpaired) electrons. The maximum atomic E-state index is 9.32. The van der Waals surface area contributed by atoms with Gasteiger partial charge in [0.1, 0.15) is 6.07 Å². The minimum absolute atomic E-state index is 0.0998. The van der Waals surface area contributed by atoms with E-state index in [1.54, 1.807) is 36.4 Å². The third kappa shape index (κ3) is 2.92. The molecule has 0 amide bonds. The van der Waals surface area contributed by atoms with Crippen molar-refractivity contribution < 1.29 is 0 Å². The van der Waals surface area contributed by atoms with E-state index in [2.05, 4.69) is 21.0 Å². The Morgan fingerprint density at radius 3 is 2.70 bits per heavy atom. The summed E-state index contributed by atoms with van der Waals surface area (Å²) in [4.78, 5) is 15.0. The fourth-order valence-electron chi connectivity index (χ4n) is 1.51. The number of nitriles is 1. The first-order chi connectivity index (χ1) is 9.51. The average molecular weight is 286 g/mol. The van der Waals surface area contributed by atoms with Gasteiger partial charge in [-0.15, -0.1) is 11.3 Å². The van der Waals surface area contributed by atoms with Gasteiger partial charge in [0.15, 0.2) is 5.82 Å². The van der Waals surface area contributed by atoms with Gasteiger partial charge in [-0.2, -0.15) is 20.2 Å². The number of aromatic nitrogens is 3. The van der Waals surface area contributed by atoms with E-state index >= 15 is 0 Å². The van der Waals surface area contributed by atoms with Crippen molar-refractivity contribution in [3.63, 3.8) is 0 Å². The normalized spacial score (nSPS) is 11.2. The third-order valence-corrected chi connectivity index (χ3v) is 3.55. The monoisotopic (exact) mass is 286 g/mol. The predicted octanol–water partition coefficient (Wildman–Crippen LogP) is 1.95. The molecule has 0 aliphatic rings. The number of hydrogen-bond acceptors (Lipinski definition) is 7. The van der Waals surface area contributed by atoms with Crippen LogP contribution in [0.1, 0.15) is 16.3 Å². The Balaban J connectivity index is 2.51. The van der Waals surface area contributed by atoms with E-state index in [0.29, 0.717) is 11.5 Å². The van der Waals surface area contributed by atoms with Crippen molar-refractivity contribution in [3.8, 4) is 6.07 Å². The summed E-state index contributed by atoms with van der Waals surface area (Å²) in [5.41, 5.74) is 7.15. The number of nitrogens with two attached hydrogens (primary N) is 1. The molecule has 7 heteroatoms. The number of nitrogen functional groups attached to an aromatic ring is 1. The second-order valence-electron chi connectivity index (χ2n) is 4.35. The Kier molecular flexibility index (Phi) is 3.96. The molecule has 0 saturated carbocycles. The summed E-state index contributed by atoms with van der Waals surface area (Å²) in [5, 5.41) is 11.3. The summed E-state index contributed by atoms with van der Waals surface area (Å²) in [5.74, 6) is 0.816. The van der Waals surface area contributed by atoms with Crippen molar-refractivity contribution in [2.45, 2.75) is 6.92 Å². The van der Waals surface area contributed by atoms with Crippen LogP contribution in [0.15, 0.2) is 11.4 Å². The Bertz CT molecular complexity index is 695. The minimum atomic E-state index is 0.0998. The molecule has 0 bridgehead atoms. The smallest absolute Gasteiger partial charge is 0.230 e. The SMILES string of the molecule is Cc1ccsc1/C=C(/C#N)c1nc(N)nc(N(C)C)n1. The first kappa shape index (κ1) is 14.0. The van der Waals surface area contributed by atoms with Crippen LogP contribution in [-0.4, -0.2) is 29.0 Å². The number of allylic oxidation sites excluding steroid dienone is 1. The molecule has 102 valence electrons. The highest BCUT2D eigenvalue weighted by Gasteiger charge is 2.11. The molecule has 0 saturated heterocycles. The summed E-state index contributed by atoms with van der Waals surface area (Å²) in [6.07, 6.45) is 1.77. The summed E-state index contributed by atoms with van der Waals surface area (Å²) < 4.78 is 0. The minimum Gasteiger partial charge on any atom is -0.368 e. The van der Waals surface area contributed by atoms with Crippen LogP contribution in [0.2, 0.25) is 0 Å². The third-order valence-electron chi connectivity index (χ3n) is 2.58. The standard InChI is InChI=1S/C13H14N6S/c1-8-4-5-20-10(8)6-9(7-14)11-16-12(15)18-13(17-11)19(2)3/h4-6H,1-3H3,(H2,15,16,17,18)/b9-6-. The van der Waals surface area contributed by atoms with Crippen LogP contribution in [0.25, 0.3) is 11.6 Å². The van der Waals surface area contributed by atoms with E-state index in [0.717, 1.165) is 10.4 Å². The van der Waals surface area contributed by atoms with E-state index in [1.807, 2.05) is 18.4 Å². The topological polar surface area (TPSA) is 91.7 Å². The molecule has 0 aliphatic heterocycles. The van der Waals surface area contributed by atoms with Gasteiger partial charge in [0.25, 0.3) is 0 Å². The zero-order valence-electron chi connectivity index (χ0n) is 11.5. The summed E-state index contributed by atoms with van der Waals surface area (Å²) >= 11 is 1.56. The van der Waals surface area contributed by atoms with E-state index in [9.17, 15) is 5.26 Å². The van der Waals surface area contributed by atoms with Crippen molar-refractivity contribution in [2.75, 3.05) is 24.7 Å². The summed E-state index contributed by atoms with van der Waals surface area (Å²) in [6.45, 7) is 1.99. The number of rotatable bonds is 3. The molecular weight excluding hydrogens is 272 g/mol. The second kappa shape index (κ2) is 5.67. The first-order valence-electron chi connectivity index (χ1n) is 5.86. The average Bonchev–Trinajstić information content (AvgIpc) is 2.80. The zero-order valence-corrected chi connectivity index (χ0v) is 12.3. The van der Waals surface area contributed by atoms with Crippen LogP contribution >= 0.6 is 11.3 Å². The fourth-order valence-corrected chi connectivity index (χ4v) is 2.37. The molecule has 20 heavy (non-hydrogen) atoms. The Morgan fingerprint density at radius 1 is 1.40 bits per heavy atom. The van der Waals surface area contributed by atoms with Gasteiger partial charge in [0.05, 0.1) is 5.57 Å². The molecule has 2 aromatic heterocycles. The second-order valence-corrected chi connectivity index (χ2v) is 5.30. The maximum Gasteiger partial charge on any atom is 0.230 e. The van der Waals surface area contributed by atoms with E-state index < -0.39 is 0 Å². The molecule has 2 N–H and O–H groups in total. The molecule has 0 spiro atoms. The molecule has 0 unspecified atom stereocenters. The van der Waals surface area contributed by atoms with Crippen LogP contribution in [0, 0.1) is 18.3 Å². The highest BCUT2D eigenvalue weighted by Crippen LogP contribution is 2.22. The van der Waals surface area contributed by atoms with Gasteiger partial charge in [-0.25, -0.2) is 0 Å². The molecule has 0 atom stereocenters. The Labute approximate surface area is 121 Å². The lowest BCUT2D eigenvalue weighted by Crippen LogP contribution is -2.15. The van der Waals surface area contributed by atoms with Gasteiger partial charge in [0.2, 0.25) is 11.9 Å². The van der Waals surface area contributed by atoms with Crippen LogP contribution in [0.3, 0.4) is 0 Å². The van der Waals surface area contributed by atoms with Gasteiger partial charge in [-0.05, 0) is 30.0 Å². The Morgan fingerprint density at radius 2 is 2.15 bits per heavy atom. The first-order valence-corrected chi connectivity index (χ1v) is 6.74. The summed E-state index contributed by atoms with van der Waals surface area (Å²) in [6, 6.07) is 4.12. The largest absolute Gasteiger partial charge is 0.368 e. The molecule has 2 rings (SSSR count). The maximum absolute atomic E-state index is 9.32. The van der Waals surface area contributed by atoms with Crippen LogP contribution in [0.5, 0.6) is 0 Å². The number of nitrogens with zero attached hydrogens (tertiary/aromatic N) is 5. The van der Waals surface area contributed by atoms with E-state index in [4.69, 9.17) is 5.73 Å². The number of hydrogen-bond donors (Lipinski definition) is 1. The Hall–Kier alpha value is -2.46. The molecule has 2 aromatic rings. The van der Waals surface area contributed by atoms with Crippen molar-refractivity contribution >= 4 is 34.9 Å². The molecule has 2 heterocycles. The lowest BCUT2D eigenvalue weighted by atomic mass is 10.2. The quantitative estimate of drug-likeness (QED) is 0.867. The van der Waals surface area contributed by atoms with Crippen molar-refractivity contribution in [1.29, 1.82) is 5.26 Å². The fraction of sp³-hybridized carbons (Fsp3) is 0.231. The van der Waals surface area contributed by atoms with Crippen molar-refractivity contribution in [1.82, 2.24) is 15.0 Å². The molecule has 0 fully saturated rings. The van der Waals surface area contributed by atoms with Crippen molar-refractivity contribution in [3.05, 3.63) is 27.7 Å². The number of thiophene rings is 1. The zero-order chi connectivity index (χ0) is 14.7. The molecule has 6 nitrogen and oxygen atoms in total. The van der Waals surface area contributed by atoms with Crippen LogP contribution in [0.4, 0.5) is 11.9 Å². The number of anilines is 2. The van der Waals surface area contributed by atoms with Crippen molar-refractivity contribution in [2.24, 2.45) is 0 Å². The van der Waals surface area contributed by atoms with Crippen LogP contribution < -0.4 is 10.6 Å². The lowest BCUT2D eigenvalue weighted by Gasteiger charge is -2.10. The van der Waals surface area contributed by atoms with Crippen LogP contribution in [-0.2, 0) is 0 Å². The molecular formula is C13H14N6S. The highest BCUT2D eigenvalue weighted by molar-refractivity contribution is 7.11. The van der Waals surface area contributed by atoms with Gasteiger partial charge in [-0.3, -0.25) is 0 Å². The highest BCUT2D eigenvalue weighted by atomic mass is 32.1. The molecule has 0 aromatic carbocycles. The van der Waals surface area contributed by atoms with Gasteiger partial charge >= 0.3 is 0 Å². The van der Waals surface area contributed by atoms with Gasteiger partial charge in [0, 0.05) is 19.0 Å². The molecule has 0 aliphatic carbocycles. The predicted molar refractivity (Wildman–Crippen MR) is 81.1 cm³/mol. The lowest BCUT2D eigenvalue weighted by molar-refractivity contribution is 0.952. The summed E-state index contributed by atoms with van der Waals surface area (Å²) in [7, 11) is 3.61. The van der Waals surface area contributed by atoms with E-state index in [1.165, 1.54) is 0 Å².